The number of nitrogens with two attached hydrogens (primary N) is 1. The molecule has 4 aliphatic carbocycles. The molecule has 4 N–H and O–H groups in total. The standard InChI is InChI=1S/C20H30N4S.C18H26N4S/c1-4-13-5-10-16-17(11-13)25-20-18(16)19(21-12-22-20)23-14-6-8-15(9-7-14)24(2)3;1-2-11-3-8-14-15(9-11)23-18-16(14)17(20-10-21-18)22-13-6-4-12(19)5-7-13/h12-15H,4-11H2,1-3H3,(H,21,22,23);10-13H,2-9,19H2,1H3,(H,20,21,22). The van der Waals surface area contributed by atoms with E-state index < -0.39 is 0 Å². The molecule has 2 unspecified atom stereocenters. The van der Waals surface area contributed by atoms with Gasteiger partial charge in [-0.25, -0.2) is 19.9 Å². The van der Waals surface area contributed by atoms with Crippen molar-refractivity contribution in [3.8, 4) is 0 Å². The van der Waals surface area contributed by atoms with E-state index in [2.05, 4.69) is 63.4 Å². The van der Waals surface area contributed by atoms with E-state index in [1.165, 1.54) is 104 Å². The molecule has 0 bridgehead atoms. The maximum Gasteiger partial charge on any atom is 0.138 e. The summed E-state index contributed by atoms with van der Waals surface area (Å²) in [5.74, 6) is 3.85. The Labute approximate surface area is 295 Å². The van der Waals surface area contributed by atoms with Gasteiger partial charge in [-0.2, -0.15) is 0 Å². The summed E-state index contributed by atoms with van der Waals surface area (Å²) in [6.45, 7) is 4.63. The average molecular weight is 689 g/mol. The smallest absolute Gasteiger partial charge is 0.138 e. The Balaban J connectivity index is 0.000000152. The van der Waals surface area contributed by atoms with Crippen LogP contribution in [0.15, 0.2) is 12.7 Å². The van der Waals surface area contributed by atoms with Crippen LogP contribution in [0.25, 0.3) is 20.4 Å². The number of rotatable bonds is 7. The molecular weight excluding hydrogens is 633 g/mol. The van der Waals surface area contributed by atoms with Crippen LogP contribution in [0.3, 0.4) is 0 Å². The number of nitrogens with one attached hydrogen (secondary N) is 2. The van der Waals surface area contributed by atoms with Crippen molar-refractivity contribution < 1.29 is 0 Å². The first-order chi connectivity index (χ1) is 23.4. The SMILES string of the molecule is CCC1CCc2c(sc3ncnc(NC4CCC(N(C)C)CC4)c23)C1.CCC1CCc2c(sc3ncnc(NC4CCC(N)CC4)c23)C1. The minimum Gasteiger partial charge on any atom is -0.367 e. The Morgan fingerprint density at radius 3 is 1.56 bits per heavy atom. The molecule has 2 fully saturated rings. The Hall–Kier alpha value is -2.40. The molecule has 4 aromatic rings. The molecule has 10 heteroatoms. The third-order valence-corrected chi connectivity index (χ3v) is 14.3. The van der Waals surface area contributed by atoms with Gasteiger partial charge in [-0.15, -0.1) is 22.7 Å². The first-order valence-electron chi connectivity index (χ1n) is 18.9. The highest BCUT2D eigenvalue weighted by molar-refractivity contribution is 7.19. The molecular formula is C38H56N8S2. The highest BCUT2D eigenvalue weighted by Gasteiger charge is 2.28. The second kappa shape index (κ2) is 15.2. The van der Waals surface area contributed by atoms with Crippen molar-refractivity contribution in [2.24, 2.45) is 17.6 Å². The van der Waals surface area contributed by atoms with Crippen LogP contribution >= 0.6 is 22.7 Å². The fraction of sp³-hybridized carbons (Fsp3) is 0.684. The van der Waals surface area contributed by atoms with Crippen LogP contribution in [0.1, 0.15) is 112 Å². The van der Waals surface area contributed by atoms with Gasteiger partial charge in [-0.3, -0.25) is 0 Å². The lowest BCUT2D eigenvalue weighted by molar-refractivity contribution is 0.221. The van der Waals surface area contributed by atoms with E-state index in [4.69, 9.17) is 5.73 Å². The van der Waals surface area contributed by atoms with E-state index in [1.54, 1.807) is 22.4 Å². The van der Waals surface area contributed by atoms with Gasteiger partial charge in [0.15, 0.2) is 0 Å². The highest BCUT2D eigenvalue weighted by Crippen LogP contribution is 2.42. The molecule has 0 aromatic carbocycles. The minimum absolute atomic E-state index is 0.387. The Kier molecular flexibility index (Phi) is 10.8. The second-order valence-corrected chi connectivity index (χ2v) is 17.4. The maximum atomic E-state index is 6.03. The van der Waals surface area contributed by atoms with E-state index in [9.17, 15) is 0 Å². The van der Waals surface area contributed by atoms with Crippen molar-refractivity contribution in [3.63, 3.8) is 0 Å². The molecule has 8 nitrogen and oxygen atoms in total. The molecule has 0 radical (unpaired) electrons. The normalized spacial score (nSPS) is 27.3. The molecule has 260 valence electrons. The van der Waals surface area contributed by atoms with Crippen LogP contribution < -0.4 is 16.4 Å². The van der Waals surface area contributed by atoms with E-state index >= 15 is 0 Å². The largest absolute Gasteiger partial charge is 0.367 e. The Morgan fingerprint density at radius 2 is 1.12 bits per heavy atom. The van der Waals surface area contributed by atoms with E-state index in [1.807, 2.05) is 22.7 Å². The lowest BCUT2D eigenvalue weighted by Gasteiger charge is -2.33. The van der Waals surface area contributed by atoms with E-state index in [0.29, 0.717) is 18.1 Å². The van der Waals surface area contributed by atoms with Gasteiger partial charge in [0.2, 0.25) is 0 Å². The molecule has 0 amide bonds. The zero-order chi connectivity index (χ0) is 33.2. The zero-order valence-corrected chi connectivity index (χ0v) is 31.2. The van der Waals surface area contributed by atoms with Gasteiger partial charge >= 0.3 is 0 Å². The van der Waals surface area contributed by atoms with Crippen molar-refractivity contribution in [3.05, 3.63) is 33.5 Å². The van der Waals surface area contributed by atoms with Crippen LogP contribution in [-0.2, 0) is 25.7 Å². The van der Waals surface area contributed by atoms with Gasteiger partial charge in [0.1, 0.15) is 34.0 Å². The van der Waals surface area contributed by atoms with Crippen molar-refractivity contribution in [2.45, 2.75) is 141 Å². The summed E-state index contributed by atoms with van der Waals surface area (Å²) in [5, 5.41) is 10.1. The number of hydrogen-bond acceptors (Lipinski definition) is 10. The monoisotopic (exact) mass is 688 g/mol. The van der Waals surface area contributed by atoms with Crippen molar-refractivity contribution in [1.29, 1.82) is 0 Å². The molecule has 0 spiro atoms. The van der Waals surface area contributed by atoms with Crippen LogP contribution in [0, 0.1) is 11.8 Å². The molecule has 48 heavy (non-hydrogen) atoms. The van der Waals surface area contributed by atoms with Crippen LogP contribution in [-0.4, -0.2) is 63.1 Å². The van der Waals surface area contributed by atoms with Crippen molar-refractivity contribution in [2.75, 3.05) is 24.7 Å². The Bertz CT molecular complexity index is 1660. The van der Waals surface area contributed by atoms with Crippen molar-refractivity contribution >= 4 is 54.7 Å². The predicted octanol–water partition coefficient (Wildman–Crippen LogP) is 8.38. The number of aromatic nitrogens is 4. The van der Waals surface area contributed by atoms with Gasteiger partial charge in [0, 0.05) is 33.9 Å². The number of anilines is 2. The van der Waals surface area contributed by atoms with Gasteiger partial charge < -0.3 is 21.3 Å². The molecule has 4 aliphatic rings. The molecule has 4 heterocycles. The van der Waals surface area contributed by atoms with Gasteiger partial charge in [0.25, 0.3) is 0 Å². The second-order valence-electron chi connectivity index (χ2n) is 15.2. The summed E-state index contributed by atoms with van der Waals surface area (Å²) < 4.78 is 0. The van der Waals surface area contributed by atoms with Crippen LogP contribution in [0.5, 0.6) is 0 Å². The number of nitrogens with zero attached hydrogens (tertiary/aromatic N) is 5. The zero-order valence-electron chi connectivity index (χ0n) is 29.6. The molecule has 0 aliphatic heterocycles. The maximum absolute atomic E-state index is 6.03. The first-order valence-corrected chi connectivity index (χ1v) is 20.5. The molecule has 0 saturated heterocycles. The number of aryl methyl sites for hydroxylation is 2. The average Bonchev–Trinajstić information content (AvgIpc) is 3.68. The fourth-order valence-electron chi connectivity index (χ4n) is 8.66. The van der Waals surface area contributed by atoms with Crippen molar-refractivity contribution in [1.82, 2.24) is 24.8 Å². The van der Waals surface area contributed by atoms with Gasteiger partial charge in [-0.1, -0.05) is 26.7 Å². The summed E-state index contributed by atoms with van der Waals surface area (Å²) in [6.07, 6.45) is 23.1. The summed E-state index contributed by atoms with van der Waals surface area (Å²) in [4.78, 5) is 26.2. The number of fused-ring (bicyclic) bond motifs is 6. The number of thiophene rings is 2. The summed E-state index contributed by atoms with van der Waals surface area (Å²) in [7, 11) is 4.40. The summed E-state index contributed by atoms with van der Waals surface area (Å²) in [6, 6.07) is 2.19. The molecule has 4 aromatic heterocycles. The third kappa shape index (κ3) is 7.37. The molecule has 2 saturated carbocycles. The lowest BCUT2D eigenvalue weighted by Crippen LogP contribution is -2.36. The topological polar surface area (TPSA) is 105 Å². The minimum atomic E-state index is 0.387. The van der Waals surface area contributed by atoms with E-state index in [-0.39, 0.29) is 0 Å². The molecule has 8 rings (SSSR count). The van der Waals surface area contributed by atoms with Crippen LogP contribution in [0.4, 0.5) is 11.6 Å². The van der Waals surface area contributed by atoms with Gasteiger partial charge in [0.05, 0.1) is 10.8 Å². The fourth-order valence-corrected chi connectivity index (χ4v) is 11.3. The van der Waals surface area contributed by atoms with E-state index in [0.717, 1.165) is 60.0 Å². The number of hydrogen-bond donors (Lipinski definition) is 3. The Morgan fingerprint density at radius 1 is 0.667 bits per heavy atom. The summed E-state index contributed by atoms with van der Waals surface area (Å²) in [5.41, 5.74) is 9.09. The first kappa shape index (κ1) is 34.1. The third-order valence-electron chi connectivity index (χ3n) is 11.9. The lowest BCUT2D eigenvalue weighted by atomic mass is 9.86. The predicted molar refractivity (Wildman–Crippen MR) is 204 cm³/mol. The summed E-state index contributed by atoms with van der Waals surface area (Å²) >= 11 is 3.79. The highest BCUT2D eigenvalue weighted by atomic mass is 32.1. The van der Waals surface area contributed by atoms with Gasteiger partial charge in [-0.05, 0) is 127 Å². The molecule has 2 atom stereocenters. The van der Waals surface area contributed by atoms with Crippen LogP contribution in [0.2, 0.25) is 0 Å². The quantitative estimate of drug-likeness (QED) is 0.178.